The number of nitrogens with one attached hydrogen (secondary N) is 1. The van der Waals surface area contributed by atoms with E-state index in [9.17, 15) is 4.79 Å². The van der Waals surface area contributed by atoms with E-state index in [1.54, 1.807) is 0 Å². The highest BCUT2D eigenvalue weighted by atomic mass is 79.9. The minimum Gasteiger partial charge on any atom is -0.379 e. The minimum absolute atomic E-state index is 0.0649. The number of rotatable bonds is 2. The van der Waals surface area contributed by atoms with Gasteiger partial charge in [0.1, 0.15) is 0 Å². The van der Waals surface area contributed by atoms with Crippen LogP contribution in [0.4, 0.5) is 11.4 Å². The number of carbonyl (C=O) groups excluding carboxylic acids is 1. The third-order valence-corrected chi connectivity index (χ3v) is 5.70. The number of aryl methyl sites for hydroxylation is 3. The van der Waals surface area contributed by atoms with Gasteiger partial charge in [0.05, 0.1) is 11.4 Å². The summed E-state index contributed by atoms with van der Waals surface area (Å²) in [5.41, 5.74) is 6.28. The van der Waals surface area contributed by atoms with Crippen LogP contribution in [0.15, 0.2) is 34.8 Å². The highest BCUT2D eigenvalue weighted by molar-refractivity contribution is 9.10. The van der Waals surface area contributed by atoms with Crippen molar-refractivity contribution >= 4 is 33.2 Å². The van der Waals surface area contributed by atoms with Crippen LogP contribution in [0.1, 0.15) is 40.4 Å². The lowest BCUT2D eigenvalue weighted by Crippen LogP contribution is -2.44. The Labute approximate surface area is 152 Å². The van der Waals surface area contributed by atoms with E-state index in [1.165, 1.54) is 11.1 Å². The Morgan fingerprint density at radius 1 is 1.17 bits per heavy atom. The van der Waals surface area contributed by atoms with Crippen LogP contribution in [0.5, 0.6) is 0 Å². The molecule has 0 aromatic heterocycles. The van der Waals surface area contributed by atoms with Crippen LogP contribution < -0.4 is 10.2 Å². The topological polar surface area (TPSA) is 32.3 Å². The second-order valence-corrected chi connectivity index (χ2v) is 7.44. The molecule has 3 nitrogen and oxygen atoms in total. The lowest BCUT2D eigenvalue weighted by Gasteiger charge is -2.36. The molecular formula is C20H23BrN2O. The zero-order valence-electron chi connectivity index (χ0n) is 14.6. The summed E-state index contributed by atoms with van der Waals surface area (Å²) in [4.78, 5) is 15.1. The standard InChI is InChI=1S/C20H23BrN2O/c1-5-16-11-23(19-10-13(3)12(2)9-18(19)22-16)20(24)15-6-7-17(21)14(4)8-15/h6-10,16,22H,5,11H2,1-4H3. The van der Waals surface area contributed by atoms with E-state index in [2.05, 4.69) is 54.2 Å². The molecule has 0 radical (unpaired) electrons. The third-order valence-electron chi connectivity index (χ3n) is 4.81. The molecule has 1 aliphatic heterocycles. The number of hydrogen-bond donors (Lipinski definition) is 1. The van der Waals surface area contributed by atoms with Gasteiger partial charge in [0.15, 0.2) is 0 Å². The van der Waals surface area contributed by atoms with Crippen LogP contribution in [0.3, 0.4) is 0 Å². The molecule has 0 bridgehead atoms. The van der Waals surface area contributed by atoms with Gasteiger partial charge in [-0.05, 0) is 74.2 Å². The average Bonchev–Trinajstić information content (AvgIpc) is 2.57. The molecule has 0 saturated carbocycles. The van der Waals surface area contributed by atoms with Gasteiger partial charge in [-0.1, -0.05) is 22.9 Å². The smallest absolute Gasteiger partial charge is 0.258 e. The molecular weight excluding hydrogens is 364 g/mol. The summed E-state index contributed by atoms with van der Waals surface area (Å²) in [6.45, 7) is 9.05. The molecule has 1 aliphatic rings. The molecule has 0 fully saturated rings. The molecule has 1 heterocycles. The van der Waals surface area contributed by atoms with Crippen molar-refractivity contribution in [2.24, 2.45) is 0 Å². The predicted molar refractivity (Wildman–Crippen MR) is 104 cm³/mol. The monoisotopic (exact) mass is 386 g/mol. The number of nitrogens with zero attached hydrogens (tertiary/aromatic N) is 1. The zero-order chi connectivity index (χ0) is 17.4. The maximum atomic E-state index is 13.2. The summed E-state index contributed by atoms with van der Waals surface area (Å²) >= 11 is 3.50. The molecule has 2 aromatic carbocycles. The largest absolute Gasteiger partial charge is 0.379 e. The Morgan fingerprint density at radius 2 is 1.88 bits per heavy atom. The van der Waals surface area contributed by atoms with Gasteiger partial charge in [-0.2, -0.15) is 0 Å². The number of benzene rings is 2. The Bertz CT molecular complexity index is 800. The van der Waals surface area contributed by atoms with Gasteiger partial charge in [0.25, 0.3) is 5.91 Å². The van der Waals surface area contributed by atoms with Crippen LogP contribution in [0.2, 0.25) is 0 Å². The number of hydrogen-bond acceptors (Lipinski definition) is 2. The van der Waals surface area contributed by atoms with Gasteiger partial charge in [0.2, 0.25) is 0 Å². The molecule has 2 aromatic rings. The summed E-state index contributed by atoms with van der Waals surface area (Å²) in [7, 11) is 0. The second kappa shape index (κ2) is 6.60. The van der Waals surface area contributed by atoms with Crippen molar-refractivity contribution in [1.29, 1.82) is 0 Å². The summed E-state index contributed by atoms with van der Waals surface area (Å²) in [5.74, 6) is 0.0649. The van der Waals surface area contributed by atoms with E-state index < -0.39 is 0 Å². The van der Waals surface area contributed by atoms with Gasteiger partial charge in [-0.25, -0.2) is 0 Å². The van der Waals surface area contributed by atoms with Crippen molar-refractivity contribution in [3.05, 3.63) is 57.1 Å². The SMILES string of the molecule is CCC1CN(C(=O)c2ccc(Br)c(C)c2)c2cc(C)c(C)cc2N1. The van der Waals surface area contributed by atoms with Gasteiger partial charge in [-0.3, -0.25) is 4.79 Å². The van der Waals surface area contributed by atoms with Crippen LogP contribution >= 0.6 is 15.9 Å². The van der Waals surface area contributed by atoms with Crippen LogP contribution in [-0.4, -0.2) is 18.5 Å². The van der Waals surface area contributed by atoms with E-state index in [0.29, 0.717) is 6.54 Å². The van der Waals surface area contributed by atoms with Crippen molar-refractivity contribution in [3.63, 3.8) is 0 Å². The van der Waals surface area contributed by atoms with Crippen molar-refractivity contribution in [3.8, 4) is 0 Å². The molecule has 4 heteroatoms. The molecule has 1 unspecified atom stereocenters. The van der Waals surface area contributed by atoms with Gasteiger partial charge < -0.3 is 10.2 Å². The normalized spacial score (nSPS) is 16.5. The first kappa shape index (κ1) is 17.0. The molecule has 0 aliphatic carbocycles. The Hall–Kier alpha value is -1.81. The number of amides is 1. The lowest BCUT2D eigenvalue weighted by atomic mass is 10.0. The van der Waals surface area contributed by atoms with Gasteiger partial charge >= 0.3 is 0 Å². The lowest BCUT2D eigenvalue weighted by molar-refractivity contribution is 0.0984. The molecule has 0 spiro atoms. The molecule has 0 saturated heterocycles. The van der Waals surface area contributed by atoms with Crippen molar-refractivity contribution in [2.45, 2.75) is 40.2 Å². The zero-order valence-corrected chi connectivity index (χ0v) is 16.2. The van der Waals surface area contributed by atoms with Crippen LogP contribution in [0, 0.1) is 20.8 Å². The van der Waals surface area contributed by atoms with E-state index in [-0.39, 0.29) is 11.9 Å². The molecule has 24 heavy (non-hydrogen) atoms. The number of fused-ring (bicyclic) bond motifs is 1. The quantitative estimate of drug-likeness (QED) is 0.766. The third kappa shape index (κ3) is 3.07. The molecule has 1 amide bonds. The number of anilines is 2. The Balaban J connectivity index is 2.04. The maximum absolute atomic E-state index is 13.2. The Morgan fingerprint density at radius 3 is 2.54 bits per heavy atom. The van der Waals surface area contributed by atoms with Crippen molar-refractivity contribution in [1.82, 2.24) is 0 Å². The highest BCUT2D eigenvalue weighted by Gasteiger charge is 2.28. The van der Waals surface area contributed by atoms with Crippen molar-refractivity contribution in [2.75, 3.05) is 16.8 Å². The molecule has 1 atom stereocenters. The first-order chi connectivity index (χ1) is 11.4. The molecule has 1 N–H and O–H groups in total. The fourth-order valence-corrected chi connectivity index (χ4v) is 3.33. The number of halogens is 1. The summed E-state index contributed by atoms with van der Waals surface area (Å²) in [6, 6.07) is 10.3. The molecule has 3 rings (SSSR count). The number of carbonyl (C=O) groups is 1. The minimum atomic E-state index is 0.0649. The summed E-state index contributed by atoms with van der Waals surface area (Å²) in [6.07, 6.45) is 0.982. The first-order valence-corrected chi connectivity index (χ1v) is 9.15. The maximum Gasteiger partial charge on any atom is 0.258 e. The highest BCUT2D eigenvalue weighted by Crippen LogP contribution is 2.35. The van der Waals surface area contributed by atoms with E-state index >= 15 is 0 Å². The molecule has 126 valence electrons. The van der Waals surface area contributed by atoms with Crippen LogP contribution in [0.25, 0.3) is 0 Å². The summed E-state index contributed by atoms with van der Waals surface area (Å²) in [5, 5.41) is 3.57. The average molecular weight is 387 g/mol. The van der Waals surface area contributed by atoms with E-state index in [1.807, 2.05) is 30.0 Å². The van der Waals surface area contributed by atoms with Crippen LogP contribution in [-0.2, 0) is 0 Å². The fourth-order valence-electron chi connectivity index (χ4n) is 3.08. The fraction of sp³-hybridized carbons (Fsp3) is 0.350. The first-order valence-electron chi connectivity index (χ1n) is 8.36. The Kier molecular flexibility index (Phi) is 4.68. The van der Waals surface area contributed by atoms with Gasteiger partial charge in [-0.15, -0.1) is 0 Å². The second-order valence-electron chi connectivity index (χ2n) is 6.58. The van der Waals surface area contributed by atoms with Crippen molar-refractivity contribution < 1.29 is 4.79 Å². The van der Waals surface area contributed by atoms with E-state index in [0.717, 1.165) is 33.4 Å². The summed E-state index contributed by atoms with van der Waals surface area (Å²) < 4.78 is 1.03. The van der Waals surface area contributed by atoms with Gasteiger partial charge in [0, 0.05) is 22.6 Å². The predicted octanol–water partition coefficient (Wildman–Crippen LogP) is 5.23. The van der Waals surface area contributed by atoms with E-state index in [4.69, 9.17) is 0 Å².